The molecule has 1 saturated heterocycles. The van der Waals surface area contributed by atoms with Crippen LogP contribution < -0.4 is 5.32 Å². The molecule has 1 fully saturated rings. The Bertz CT molecular complexity index is 144. The van der Waals surface area contributed by atoms with Crippen LogP contribution >= 0.6 is 0 Å². The minimum absolute atomic E-state index is 0.486. The maximum absolute atomic E-state index is 5.23. The fraction of sp³-hybridized carbons (Fsp3) is 0.778. The summed E-state index contributed by atoms with van der Waals surface area (Å²) in [4.78, 5) is 2.43. The number of hydrogen-bond acceptors (Lipinski definition) is 2. The SMILES string of the molecule is C#CCC(CN1CCC1)NC. The van der Waals surface area contributed by atoms with E-state index < -0.39 is 0 Å². The summed E-state index contributed by atoms with van der Waals surface area (Å²) in [6.45, 7) is 3.62. The first-order chi connectivity index (χ1) is 5.36. The summed E-state index contributed by atoms with van der Waals surface area (Å²) in [7, 11) is 1.97. The number of hydrogen-bond donors (Lipinski definition) is 1. The van der Waals surface area contributed by atoms with Crippen LogP contribution in [-0.2, 0) is 0 Å². The van der Waals surface area contributed by atoms with Crippen LogP contribution in [0, 0.1) is 12.3 Å². The van der Waals surface area contributed by atoms with E-state index in [4.69, 9.17) is 6.42 Å². The van der Waals surface area contributed by atoms with Crippen molar-refractivity contribution < 1.29 is 0 Å². The molecule has 0 aliphatic carbocycles. The van der Waals surface area contributed by atoms with Gasteiger partial charge < -0.3 is 10.2 Å². The van der Waals surface area contributed by atoms with Crippen LogP contribution in [0.1, 0.15) is 12.8 Å². The van der Waals surface area contributed by atoms with Crippen LogP contribution in [0.15, 0.2) is 0 Å². The average molecular weight is 152 g/mol. The molecule has 1 unspecified atom stereocenters. The van der Waals surface area contributed by atoms with Crippen LogP contribution in [0.4, 0.5) is 0 Å². The third-order valence-corrected chi connectivity index (χ3v) is 2.20. The Balaban J connectivity index is 2.14. The van der Waals surface area contributed by atoms with Gasteiger partial charge in [0.1, 0.15) is 0 Å². The van der Waals surface area contributed by atoms with Crippen LogP contribution in [0.25, 0.3) is 0 Å². The summed E-state index contributed by atoms with van der Waals surface area (Å²) in [5.74, 6) is 2.68. The van der Waals surface area contributed by atoms with E-state index in [1.165, 1.54) is 19.5 Å². The van der Waals surface area contributed by atoms with Gasteiger partial charge in [0.05, 0.1) is 0 Å². The highest BCUT2D eigenvalue weighted by molar-refractivity contribution is 4.91. The third-order valence-electron chi connectivity index (χ3n) is 2.20. The molecule has 62 valence electrons. The summed E-state index contributed by atoms with van der Waals surface area (Å²) < 4.78 is 0. The second kappa shape index (κ2) is 4.38. The summed E-state index contributed by atoms with van der Waals surface area (Å²) >= 11 is 0. The highest BCUT2D eigenvalue weighted by atomic mass is 15.2. The van der Waals surface area contributed by atoms with Gasteiger partial charge in [-0.05, 0) is 26.6 Å². The molecular weight excluding hydrogens is 136 g/mol. The number of likely N-dealkylation sites (N-methyl/N-ethyl adjacent to an activating group) is 1. The molecule has 0 aromatic carbocycles. The van der Waals surface area contributed by atoms with Crippen LogP contribution in [0.3, 0.4) is 0 Å². The van der Waals surface area contributed by atoms with E-state index >= 15 is 0 Å². The fourth-order valence-corrected chi connectivity index (χ4v) is 1.28. The van der Waals surface area contributed by atoms with Crippen molar-refractivity contribution in [3.8, 4) is 12.3 Å². The predicted octanol–water partition coefficient (Wildman–Crippen LogP) is 0.303. The Morgan fingerprint density at radius 2 is 2.36 bits per heavy atom. The maximum atomic E-state index is 5.23. The second-order valence-corrected chi connectivity index (χ2v) is 3.05. The molecule has 11 heavy (non-hydrogen) atoms. The van der Waals surface area contributed by atoms with Crippen LogP contribution in [-0.4, -0.2) is 37.6 Å². The first kappa shape index (κ1) is 8.58. The van der Waals surface area contributed by atoms with Crippen molar-refractivity contribution in [2.24, 2.45) is 0 Å². The lowest BCUT2D eigenvalue weighted by atomic mass is 10.1. The Kier molecular flexibility index (Phi) is 3.41. The molecule has 0 aromatic rings. The minimum Gasteiger partial charge on any atom is -0.315 e. The molecule has 1 aliphatic heterocycles. The highest BCUT2D eigenvalue weighted by Gasteiger charge is 2.16. The molecule has 0 spiro atoms. The van der Waals surface area contributed by atoms with Gasteiger partial charge in [-0.1, -0.05) is 0 Å². The van der Waals surface area contributed by atoms with E-state index in [2.05, 4.69) is 16.1 Å². The van der Waals surface area contributed by atoms with E-state index in [0.717, 1.165) is 13.0 Å². The standard InChI is InChI=1S/C9H16N2/c1-3-5-9(10-2)8-11-6-4-7-11/h1,9-10H,4-8H2,2H3. The summed E-state index contributed by atoms with van der Waals surface area (Å²) in [5.41, 5.74) is 0. The van der Waals surface area contributed by atoms with E-state index in [1.807, 2.05) is 7.05 Å². The molecule has 2 heteroatoms. The van der Waals surface area contributed by atoms with Gasteiger partial charge in [-0.15, -0.1) is 12.3 Å². The minimum atomic E-state index is 0.486. The Labute approximate surface area is 69.0 Å². The molecule has 1 rings (SSSR count). The molecule has 0 radical (unpaired) electrons. The molecule has 2 nitrogen and oxygen atoms in total. The second-order valence-electron chi connectivity index (χ2n) is 3.05. The lowest BCUT2D eigenvalue weighted by Crippen LogP contribution is -2.45. The number of nitrogens with one attached hydrogen (secondary N) is 1. The maximum Gasteiger partial charge on any atom is 0.0301 e. The fourth-order valence-electron chi connectivity index (χ4n) is 1.28. The summed E-state index contributed by atoms with van der Waals surface area (Å²) in [6.07, 6.45) is 7.43. The number of likely N-dealkylation sites (tertiary alicyclic amines) is 1. The van der Waals surface area contributed by atoms with Crippen molar-refractivity contribution in [1.29, 1.82) is 0 Å². The molecule has 1 aliphatic rings. The molecular formula is C9H16N2. The summed E-state index contributed by atoms with van der Waals surface area (Å²) in [5, 5.41) is 3.22. The molecule has 0 amide bonds. The summed E-state index contributed by atoms with van der Waals surface area (Å²) in [6, 6.07) is 0.486. The van der Waals surface area contributed by atoms with Crippen molar-refractivity contribution >= 4 is 0 Å². The van der Waals surface area contributed by atoms with Crippen LogP contribution in [0.2, 0.25) is 0 Å². The van der Waals surface area contributed by atoms with Crippen LogP contribution in [0.5, 0.6) is 0 Å². The third kappa shape index (κ3) is 2.53. The predicted molar refractivity (Wildman–Crippen MR) is 47.4 cm³/mol. The van der Waals surface area contributed by atoms with Gasteiger partial charge in [0.2, 0.25) is 0 Å². The monoisotopic (exact) mass is 152 g/mol. The van der Waals surface area contributed by atoms with Crippen molar-refractivity contribution in [1.82, 2.24) is 10.2 Å². The largest absolute Gasteiger partial charge is 0.315 e. The zero-order valence-corrected chi connectivity index (χ0v) is 7.14. The Morgan fingerprint density at radius 3 is 2.73 bits per heavy atom. The Morgan fingerprint density at radius 1 is 1.64 bits per heavy atom. The Hall–Kier alpha value is -0.520. The van der Waals surface area contributed by atoms with E-state index in [-0.39, 0.29) is 0 Å². The van der Waals surface area contributed by atoms with Crippen molar-refractivity contribution in [2.45, 2.75) is 18.9 Å². The van der Waals surface area contributed by atoms with Gasteiger partial charge >= 0.3 is 0 Å². The zero-order chi connectivity index (χ0) is 8.10. The van der Waals surface area contributed by atoms with E-state index in [9.17, 15) is 0 Å². The van der Waals surface area contributed by atoms with Gasteiger partial charge in [0.15, 0.2) is 0 Å². The van der Waals surface area contributed by atoms with Gasteiger partial charge in [0.25, 0.3) is 0 Å². The first-order valence-electron chi connectivity index (χ1n) is 4.20. The molecule has 0 bridgehead atoms. The topological polar surface area (TPSA) is 15.3 Å². The molecule has 1 N–H and O–H groups in total. The first-order valence-corrected chi connectivity index (χ1v) is 4.20. The van der Waals surface area contributed by atoms with E-state index in [0.29, 0.717) is 6.04 Å². The number of rotatable bonds is 4. The molecule has 0 aromatic heterocycles. The normalized spacial score (nSPS) is 20.4. The molecule has 1 atom stereocenters. The highest BCUT2D eigenvalue weighted by Crippen LogP contribution is 2.06. The number of terminal acetylenes is 1. The van der Waals surface area contributed by atoms with Crippen molar-refractivity contribution in [3.63, 3.8) is 0 Å². The van der Waals surface area contributed by atoms with E-state index in [1.54, 1.807) is 0 Å². The lowest BCUT2D eigenvalue weighted by molar-refractivity contribution is 0.164. The number of nitrogens with zero attached hydrogens (tertiary/aromatic N) is 1. The van der Waals surface area contributed by atoms with Gasteiger partial charge in [-0.2, -0.15) is 0 Å². The van der Waals surface area contributed by atoms with Crippen molar-refractivity contribution in [2.75, 3.05) is 26.7 Å². The average Bonchev–Trinajstić information content (AvgIpc) is 1.94. The smallest absolute Gasteiger partial charge is 0.0301 e. The molecule has 1 heterocycles. The van der Waals surface area contributed by atoms with Crippen molar-refractivity contribution in [3.05, 3.63) is 0 Å². The molecule has 0 saturated carbocycles. The van der Waals surface area contributed by atoms with Gasteiger partial charge in [-0.3, -0.25) is 0 Å². The quantitative estimate of drug-likeness (QED) is 0.583. The van der Waals surface area contributed by atoms with Gasteiger partial charge in [0, 0.05) is 19.0 Å². The lowest BCUT2D eigenvalue weighted by Gasteiger charge is -2.33. The van der Waals surface area contributed by atoms with Gasteiger partial charge in [-0.25, -0.2) is 0 Å². The zero-order valence-electron chi connectivity index (χ0n) is 7.14.